The second-order valence-corrected chi connectivity index (χ2v) is 7.05. The van der Waals surface area contributed by atoms with E-state index in [-0.39, 0.29) is 0 Å². The highest BCUT2D eigenvalue weighted by Crippen LogP contribution is 2.60. The lowest BCUT2D eigenvalue weighted by atomic mass is 9.47. The maximum Gasteiger partial charge on any atom is 0.0390 e. The van der Waals surface area contributed by atoms with Crippen LogP contribution in [0.1, 0.15) is 39.0 Å². The molecule has 5 fully saturated rings. The third kappa shape index (κ3) is 1.34. The number of piperazine rings is 1. The zero-order valence-corrected chi connectivity index (χ0v) is 11.1. The van der Waals surface area contributed by atoms with Gasteiger partial charge in [0.15, 0.2) is 0 Å². The molecule has 1 spiro atoms. The molecule has 4 saturated carbocycles. The molecule has 4 bridgehead atoms. The third-order valence-corrected chi connectivity index (χ3v) is 6.49. The Labute approximate surface area is 105 Å². The van der Waals surface area contributed by atoms with Crippen LogP contribution in [0, 0.1) is 23.7 Å². The Kier molecular flexibility index (Phi) is 2.36. The van der Waals surface area contributed by atoms with E-state index in [1.54, 1.807) is 32.1 Å². The van der Waals surface area contributed by atoms with Crippen molar-refractivity contribution in [1.29, 1.82) is 0 Å². The summed E-state index contributed by atoms with van der Waals surface area (Å²) in [5.41, 5.74) is 0.570. The molecule has 0 aromatic rings. The van der Waals surface area contributed by atoms with Crippen LogP contribution in [0.2, 0.25) is 0 Å². The summed E-state index contributed by atoms with van der Waals surface area (Å²) in [4.78, 5) is 2.86. The van der Waals surface area contributed by atoms with E-state index in [2.05, 4.69) is 17.1 Å². The van der Waals surface area contributed by atoms with Gasteiger partial charge in [-0.3, -0.25) is 4.90 Å². The smallest absolute Gasteiger partial charge is 0.0390 e. The minimum Gasteiger partial charge on any atom is -0.314 e. The van der Waals surface area contributed by atoms with Gasteiger partial charge >= 0.3 is 0 Å². The molecule has 5 aliphatic rings. The molecule has 2 heteroatoms. The molecule has 1 heterocycles. The van der Waals surface area contributed by atoms with Crippen LogP contribution in [0.15, 0.2) is 0 Å². The Morgan fingerprint density at radius 2 is 1.71 bits per heavy atom. The van der Waals surface area contributed by atoms with Gasteiger partial charge in [0.25, 0.3) is 0 Å². The van der Waals surface area contributed by atoms with E-state index in [9.17, 15) is 0 Å². The normalized spacial score (nSPS) is 53.5. The minimum absolute atomic E-state index is 0.570. The van der Waals surface area contributed by atoms with Gasteiger partial charge in [0.05, 0.1) is 0 Å². The quantitative estimate of drug-likeness (QED) is 0.747. The molecule has 1 saturated heterocycles. The fraction of sp³-hybridized carbons (Fsp3) is 1.00. The zero-order valence-electron chi connectivity index (χ0n) is 11.1. The summed E-state index contributed by atoms with van der Waals surface area (Å²) in [5.74, 6) is 4.24. The van der Waals surface area contributed by atoms with Crippen molar-refractivity contribution in [3.8, 4) is 0 Å². The number of hydrogen-bond donors (Lipinski definition) is 1. The van der Waals surface area contributed by atoms with Gasteiger partial charge < -0.3 is 5.32 Å². The van der Waals surface area contributed by atoms with E-state index in [0.29, 0.717) is 5.54 Å². The highest BCUT2D eigenvalue weighted by Gasteiger charge is 2.59. The Balaban J connectivity index is 1.71. The van der Waals surface area contributed by atoms with Crippen LogP contribution in [-0.4, -0.2) is 36.6 Å². The largest absolute Gasteiger partial charge is 0.314 e. The molecular formula is C15H26N2. The summed E-state index contributed by atoms with van der Waals surface area (Å²) in [5, 5.41) is 3.73. The first-order valence-corrected chi connectivity index (χ1v) is 7.78. The maximum absolute atomic E-state index is 3.73. The molecule has 1 aliphatic heterocycles. The summed E-state index contributed by atoms with van der Waals surface area (Å²) >= 11 is 0. The number of nitrogens with zero attached hydrogens (tertiary/aromatic N) is 1. The fourth-order valence-corrected chi connectivity index (χ4v) is 6.08. The van der Waals surface area contributed by atoms with Gasteiger partial charge in [-0.25, -0.2) is 0 Å². The molecule has 1 N–H and O–H groups in total. The molecule has 0 amide bonds. The standard InChI is InChI=1S/C15H26N2/c1-2-17-4-3-16-10-15(17)13-6-11-5-12(8-13)9-14(15)7-11/h11-14,16H,2-10H2,1H3. The summed E-state index contributed by atoms with van der Waals surface area (Å²) in [6.07, 6.45) is 7.76. The molecule has 17 heavy (non-hydrogen) atoms. The molecule has 96 valence electrons. The summed E-state index contributed by atoms with van der Waals surface area (Å²) < 4.78 is 0. The average molecular weight is 234 g/mol. The highest BCUT2D eigenvalue weighted by molar-refractivity contribution is 5.14. The van der Waals surface area contributed by atoms with Crippen molar-refractivity contribution in [1.82, 2.24) is 10.2 Å². The number of hydrogen-bond acceptors (Lipinski definition) is 2. The predicted molar refractivity (Wildman–Crippen MR) is 69.9 cm³/mol. The van der Waals surface area contributed by atoms with Gasteiger partial charge in [-0.15, -0.1) is 0 Å². The molecule has 0 unspecified atom stereocenters. The Hall–Kier alpha value is -0.0800. The van der Waals surface area contributed by atoms with Crippen LogP contribution in [0.4, 0.5) is 0 Å². The van der Waals surface area contributed by atoms with Crippen LogP contribution in [0.5, 0.6) is 0 Å². The molecule has 0 radical (unpaired) electrons. The number of nitrogens with one attached hydrogen (secondary N) is 1. The van der Waals surface area contributed by atoms with Crippen molar-refractivity contribution < 1.29 is 0 Å². The van der Waals surface area contributed by atoms with Gasteiger partial charge in [0.1, 0.15) is 0 Å². The number of rotatable bonds is 1. The van der Waals surface area contributed by atoms with Crippen LogP contribution in [0.25, 0.3) is 0 Å². The van der Waals surface area contributed by atoms with Crippen LogP contribution in [-0.2, 0) is 0 Å². The van der Waals surface area contributed by atoms with Gasteiger partial charge in [-0.1, -0.05) is 6.92 Å². The molecule has 2 nitrogen and oxygen atoms in total. The second kappa shape index (κ2) is 3.71. The number of likely N-dealkylation sites (N-methyl/N-ethyl adjacent to an activating group) is 1. The van der Waals surface area contributed by atoms with E-state index in [1.807, 2.05) is 0 Å². The van der Waals surface area contributed by atoms with E-state index < -0.39 is 0 Å². The first kappa shape index (κ1) is 10.8. The lowest BCUT2D eigenvalue weighted by Gasteiger charge is -2.66. The molecule has 0 atom stereocenters. The second-order valence-electron chi connectivity index (χ2n) is 7.05. The van der Waals surface area contributed by atoms with Crippen LogP contribution < -0.4 is 5.32 Å². The molecule has 0 aromatic carbocycles. The zero-order chi connectivity index (χ0) is 11.5. The Bertz CT molecular complexity index is 284. The Morgan fingerprint density at radius 3 is 2.29 bits per heavy atom. The van der Waals surface area contributed by atoms with Crippen molar-refractivity contribution >= 4 is 0 Å². The van der Waals surface area contributed by atoms with Crippen molar-refractivity contribution in [2.45, 2.75) is 44.6 Å². The van der Waals surface area contributed by atoms with Crippen molar-refractivity contribution in [3.05, 3.63) is 0 Å². The van der Waals surface area contributed by atoms with Crippen molar-refractivity contribution in [2.75, 3.05) is 26.2 Å². The summed E-state index contributed by atoms with van der Waals surface area (Å²) in [6, 6.07) is 0. The fourth-order valence-electron chi connectivity index (χ4n) is 6.08. The van der Waals surface area contributed by atoms with Crippen molar-refractivity contribution in [3.63, 3.8) is 0 Å². The summed E-state index contributed by atoms with van der Waals surface area (Å²) in [7, 11) is 0. The van der Waals surface area contributed by atoms with Crippen LogP contribution in [0.3, 0.4) is 0 Å². The lowest BCUT2D eigenvalue weighted by Crippen LogP contribution is -2.72. The first-order valence-electron chi connectivity index (χ1n) is 7.78. The van der Waals surface area contributed by atoms with Gasteiger partial charge in [-0.05, 0) is 62.3 Å². The highest BCUT2D eigenvalue weighted by atomic mass is 15.3. The van der Waals surface area contributed by atoms with Gasteiger partial charge in [0.2, 0.25) is 0 Å². The molecular weight excluding hydrogens is 208 g/mol. The third-order valence-electron chi connectivity index (χ3n) is 6.49. The average Bonchev–Trinajstić information content (AvgIpc) is 2.35. The first-order chi connectivity index (χ1) is 8.33. The van der Waals surface area contributed by atoms with E-state index in [4.69, 9.17) is 0 Å². The predicted octanol–water partition coefficient (Wildman–Crippen LogP) is 2.11. The van der Waals surface area contributed by atoms with E-state index in [1.165, 1.54) is 26.2 Å². The van der Waals surface area contributed by atoms with Gasteiger partial charge in [0, 0.05) is 25.2 Å². The topological polar surface area (TPSA) is 15.3 Å². The SMILES string of the molecule is CCN1CCNCC12C1CC3CC(C1)CC2C3. The summed E-state index contributed by atoms with van der Waals surface area (Å²) in [6.45, 7) is 7.43. The van der Waals surface area contributed by atoms with Crippen LogP contribution >= 0.6 is 0 Å². The Morgan fingerprint density at radius 1 is 1.06 bits per heavy atom. The molecule has 5 rings (SSSR count). The van der Waals surface area contributed by atoms with E-state index >= 15 is 0 Å². The monoisotopic (exact) mass is 234 g/mol. The minimum atomic E-state index is 0.570. The van der Waals surface area contributed by atoms with Crippen molar-refractivity contribution in [2.24, 2.45) is 23.7 Å². The maximum atomic E-state index is 3.73. The lowest BCUT2D eigenvalue weighted by molar-refractivity contribution is -0.142. The van der Waals surface area contributed by atoms with E-state index in [0.717, 1.165) is 23.7 Å². The van der Waals surface area contributed by atoms with Gasteiger partial charge in [-0.2, -0.15) is 0 Å². The molecule has 4 aliphatic carbocycles. The molecule has 0 aromatic heterocycles.